The molecule has 0 saturated carbocycles. The molecule has 0 aliphatic carbocycles. The van der Waals surface area contributed by atoms with Gasteiger partial charge in [0.15, 0.2) is 0 Å². The second-order valence-corrected chi connectivity index (χ2v) is 8.78. The number of ether oxygens (including phenoxy) is 1. The molecular formula is C20H27Cl2N3OS. The Labute approximate surface area is 176 Å². The standard InChI is InChI=1S/C20H27Cl2N3OS/c1-2-13-27-20-7-10-25(15-23-20)12-11-24-8-5-16(6-9-24)26-17-3-4-18(21)19(22)14-17/h3-4,7,10,14,16H,2,5-6,8-9,11-13,15H2,1H3. The van der Waals surface area contributed by atoms with Crippen LogP contribution in [0, 0.1) is 0 Å². The van der Waals surface area contributed by atoms with E-state index in [1.807, 2.05) is 17.8 Å². The molecule has 7 heteroatoms. The number of rotatable bonds is 7. The second-order valence-electron chi connectivity index (χ2n) is 6.85. The van der Waals surface area contributed by atoms with E-state index in [1.165, 1.54) is 6.42 Å². The summed E-state index contributed by atoms with van der Waals surface area (Å²) >= 11 is 13.9. The van der Waals surface area contributed by atoms with Gasteiger partial charge in [0.25, 0.3) is 0 Å². The molecule has 2 aliphatic heterocycles. The molecule has 0 spiro atoms. The first kappa shape index (κ1) is 20.8. The van der Waals surface area contributed by atoms with Gasteiger partial charge < -0.3 is 14.5 Å². The first-order chi connectivity index (χ1) is 13.1. The maximum absolute atomic E-state index is 6.07. The largest absolute Gasteiger partial charge is 0.490 e. The summed E-state index contributed by atoms with van der Waals surface area (Å²) in [6.07, 6.45) is 7.83. The number of piperidine rings is 1. The average Bonchev–Trinajstić information content (AvgIpc) is 2.69. The molecule has 0 aromatic heterocycles. The molecular weight excluding hydrogens is 401 g/mol. The molecule has 2 aliphatic rings. The normalized spacial score (nSPS) is 18.6. The third kappa shape index (κ3) is 6.60. The van der Waals surface area contributed by atoms with E-state index in [0.29, 0.717) is 10.0 Å². The minimum Gasteiger partial charge on any atom is -0.490 e. The molecule has 1 saturated heterocycles. The summed E-state index contributed by atoms with van der Waals surface area (Å²) in [5, 5.41) is 2.26. The van der Waals surface area contributed by atoms with E-state index in [4.69, 9.17) is 27.9 Å². The molecule has 0 bridgehead atoms. The number of thioether (sulfide) groups is 1. The monoisotopic (exact) mass is 427 g/mol. The fourth-order valence-electron chi connectivity index (χ4n) is 3.14. The van der Waals surface area contributed by atoms with Crippen LogP contribution in [0.1, 0.15) is 26.2 Å². The number of hydrogen-bond donors (Lipinski definition) is 0. The number of benzene rings is 1. The predicted molar refractivity (Wildman–Crippen MR) is 117 cm³/mol. The highest BCUT2D eigenvalue weighted by atomic mass is 35.5. The molecule has 0 unspecified atom stereocenters. The summed E-state index contributed by atoms with van der Waals surface area (Å²) in [5.74, 6) is 1.94. The maximum Gasteiger partial charge on any atom is 0.121 e. The van der Waals surface area contributed by atoms with Crippen molar-refractivity contribution in [3.63, 3.8) is 0 Å². The van der Waals surface area contributed by atoms with Crippen LogP contribution in [-0.2, 0) is 0 Å². The van der Waals surface area contributed by atoms with Gasteiger partial charge in [-0.3, -0.25) is 4.99 Å². The summed E-state index contributed by atoms with van der Waals surface area (Å²) in [6.45, 7) is 7.18. The lowest BCUT2D eigenvalue weighted by atomic mass is 10.1. The van der Waals surface area contributed by atoms with Gasteiger partial charge in [0.05, 0.1) is 15.1 Å². The van der Waals surface area contributed by atoms with Crippen molar-refractivity contribution >= 4 is 40.0 Å². The molecule has 1 fully saturated rings. The quantitative estimate of drug-likeness (QED) is 0.599. The number of likely N-dealkylation sites (tertiary alicyclic amines) is 1. The van der Waals surface area contributed by atoms with Crippen molar-refractivity contribution in [3.05, 3.63) is 40.5 Å². The van der Waals surface area contributed by atoms with Crippen molar-refractivity contribution in [2.24, 2.45) is 4.99 Å². The van der Waals surface area contributed by atoms with Gasteiger partial charge >= 0.3 is 0 Å². The zero-order valence-corrected chi connectivity index (χ0v) is 18.1. The van der Waals surface area contributed by atoms with E-state index < -0.39 is 0 Å². The summed E-state index contributed by atoms with van der Waals surface area (Å²) < 4.78 is 6.07. The summed E-state index contributed by atoms with van der Waals surface area (Å²) in [4.78, 5) is 9.44. The zero-order chi connectivity index (χ0) is 19.1. The Morgan fingerprint density at radius 1 is 1.19 bits per heavy atom. The highest BCUT2D eigenvalue weighted by Gasteiger charge is 2.21. The number of halogens is 2. The third-order valence-corrected chi connectivity index (χ3v) is 6.63. The van der Waals surface area contributed by atoms with E-state index in [-0.39, 0.29) is 6.10 Å². The van der Waals surface area contributed by atoms with Gasteiger partial charge in [0.1, 0.15) is 18.5 Å². The van der Waals surface area contributed by atoms with Gasteiger partial charge in [-0.25, -0.2) is 0 Å². The lowest BCUT2D eigenvalue weighted by molar-refractivity contribution is 0.0964. The topological polar surface area (TPSA) is 28.1 Å². The van der Waals surface area contributed by atoms with Gasteiger partial charge in [-0.15, -0.1) is 11.8 Å². The molecule has 0 N–H and O–H groups in total. The first-order valence-corrected chi connectivity index (χ1v) is 11.3. The minimum atomic E-state index is 0.246. The van der Waals surface area contributed by atoms with E-state index in [9.17, 15) is 0 Å². The Balaban J connectivity index is 1.35. The van der Waals surface area contributed by atoms with Crippen LogP contribution < -0.4 is 4.74 Å². The maximum atomic E-state index is 6.07. The van der Waals surface area contributed by atoms with E-state index in [2.05, 4.69) is 34.0 Å². The molecule has 148 valence electrons. The van der Waals surface area contributed by atoms with Gasteiger partial charge in [0, 0.05) is 38.4 Å². The molecule has 0 radical (unpaired) electrons. The Morgan fingerprint density at radius 2 is 2.00 bits per heavy atom. The first-order valence-electron chi connectivity index (χ1n) is 9.57. The van der Waals surface area contributed by atoms with E-state index >= 15 is 0 Å². The van der Waals surface area contributed by atoms with Crippen molar-refractivity contribution in [2.75, 3.05) is 38.6 Å². The Morgan fingerprint density at radius 3 is 2.67 bits per heavy atom. The van der Waals surface area contributed by atoms with Crippen LogP contribution in [0.2, 0.25) is 10.0 Å². The van der Waals surface area contributed by atoms with Crippen LogP contribution in [0.5, 0.6) is 5.75 Å². The molecule has 0 atom stereocenters. The second kappa shape index (κ2) is 10.6. The van der Waals surface area contributed by atoms with Crippen molar-refractivity contribution in [2.45, 2.75) is 32.3 Å². The highest BCUT2D eigenvalue weighted by molar-refractivity contribution is 8.14. The Kier molecular flexibility index (Phi) is 8.19. The van der Waals surface area contributed by atoms with Crippen molar-refractivity contribution in [3.8, 4) is 5.75 Å². The van der Waals surface area contributed by atoms with Crippen LogP contribution in [0.3, 0.4) is 0 Å². The lowest BCUT2D eigenvalue weighted by Crippen LogP contribution is -2.41. The Bertz CT molecular complexity index is 675. The molecule has 0 amide bonds. The van der Waals surface area contributed by atoms with E-state index in [1.54, 1.807) is 12.1 Å². The molecule has 27 heavy (non-hydrogen) atoms. The number of hydrogen-bond acceptors (Lipinski definition) is 5. The van der Waals surface area contributed by atoms with E-state index in [0.717, 1.165) is 62.2 Å². The fraction of sp³-hybridized carbons (Fsp3) is 0.550. The fourth-order valence-corrected chi connectivity index (χ4v) is 4.15. The van der Waals surface area contributed by atoms with Crippen LogP contribution >= 0.6 is 35.0 Å². The molecule has 1 aromatic carbocycles. The number of aliphatic imine (C=N–C) groups is 1. The summed E-state index contributed by atoms with van der Waals surface area (Å²) in [6, 6.07) is 5.47. The van der Waals surface area contributed by atoms with Gasteiger partial charge in [-0.1, -0.05) is 30.1 Å². The van der Waals surface area contributed by atoms with Crippen molar-refractivity contribution in [1.29, 1.82) is 0 Å². The molecule has 3 rings (SSSR count). The van der Waals surface area contributed by atoms with Crippen molar-refractivity contribution < 1.29 is 4.74 Å². The molecule has 4 nitrogen and oxygen atoms in total. The van der Waals surface area contributed by atoms with Gasteiger partial charge in [-0.05, 0) is 43.2 Å². The van der Waals surface area contributed by atoms with Crippen LogP contribution in [0.25, 0.3) is 0 Å². The zero-order valence-electron chi connectivity index (χ0n) is 15.7. The number of nitrogens with zero attached hydrogens (tertiary/aromatic N) is 3. The molecule has 1 aromatic rings. The van der Waals surface area contributed by atoms with Gasteiger partial charge in [0.2, 0.25) is 0 Å². The predicted octanol–water partition coefficient (Wildman–Crippen LogP) is 5.17. The summed E-state index contributed by atoms with van der Waals surface area (Å²) in [7, 11) is 0. The summed E-state index contributed by atoms with van der Waals surface area (Å²) in [5.41, 5.74) is 0. The third-order valence-electron chi connectivity index (χ3n) is 4.72. The van der Waals surface area contributed by atoms with Crippen LogP contribution in [0.15, 0.2) is 35.5 Å². The SMILES string of the molecule is CCCSC1=NCN(CCN2CCC(Oc3ccc(Cl)c(Cl)c3)CC2)C=C1. The minimum absolute atomic E-state index is 0.246. The average molecular weight is 428 g/mol. The highest BCUT2D eigenvalue weighted by Crippen LogP contribution is 2.28. The van der Waals surface area contributed by atoms with Gasteiger partial charge in [-0.2, -0.15) is 0 Å². The Hall–Kier alpha value is -0.880. The van der Waals surface area contributed by atoms with Crippen LogP contribution in [-0.4, -0.2) is 59.5 Å². The van der Waals surface area contributed by atoms with Crippen LogP contribution in [0.4, 0.5) is 0 Å². The molecule has 2 heterocycles. The smallest absolute Gasteiger partial charge is 0.121 e. The van der Waals surface area contributed by atoms with Crippen molar-refractivity contribution in [1.82, 2.24) is 9.80 Å². The lowest BCUT2D eigenvalue weighted by Gasteiger charge is -2.33.